The summed E-state index contributed by atoms with van der Waals surface area (Å²) in [5.41, 5.74) is 2.34. The molecule has 30 heavy (non-hydrogen) atoms. The zero-order chi connectivity index (χ0) is 21.9. The number of anilines is 1. The maximum absolute atomic E-state index is 13.1. The predicted molar refractivity (Wildman–Crippen MR) is 115 cm³/mol. The molecule has 0 spiro atoms. The number of benzene rings is 3. The van der Waals surface area contributed by atoms with Gasteiger partial charge in [-0.1, -0.05) is 30.3 Å². The highest BCUT2D eigenvalue weighted by atomic mass is 32.2. The summed E-state index contributed by atoms with van der Waals surface area (Å²) >= 11 is 0. The number of halogens is 1. The van der Waals surface area contributed by atoms with E-state index in [1.165, 1.54) is 23.5 Å². The Labute approximate surface area is 176 Å². The number of rotatable bonds is 6. The van der Waals surface area contributed by atoms with Gasteiger partial charge in [-0.2, -0.15) is 0 Å². The summed E-state index contributed by atoms with van der Waals surface area (Å²) < 4.78 is 40.0. The number of hydrogen-bond acceptors (Lipinski definition) is 3. The van der Waals surface area contributed by atoms with Gasteiger partial charge in [0.2, 0.25) is 0 Å². The van der Waals surface area contributed by atoms with Crippen molar-refractivity contribution in [3.05, 3.63) is 95.3 Å². The summed E-state index contributed by atoms with van der Waals surface area (Å²) in [6.45, 7) is 3.57. The van der Waals surface area contributed by atoms with E-state index in [1.807, 2.05) is 6.92 Å². The lowest BCUT2D eigenvalue weighted by Gasteiger charge is -2.22. The minimum atomic E-state index is -3.70. The summed E-state index contributed by atoms with van der Waals surface area (Å²) in [6.07, 6.45) is 0. The molecule has 3 rings (SSSR count). The number of hydrogen-bond donors (Lipinski definition) is 1. The number of nitrogens with one attached hydrogen (secondary N) is 1. The molecule has 0 bridgehead atoms. The van der Waals surface area contributed by atoms with Crippen molar-refractivity contribution in [2.75, 3.05) is 11.4 Å². The van der Waals surface area contributed by atoms with Crippen LogP contribution < -0.4 is 9.62 Å². The Morgan fingerprint density at radius 2 is 1.63 bits per heavy atom. The maximum Gasteiger partial charge on any atom is 0.264 e. The third kappa shape index (κ3) is 4.52. The normalized spacial score (nSPS) is 12.3. The zero-order valence-electron chi connectivity index (χ0n) is 17.0. The lowest BCUT2D eigenvalue weighted by Crippen LogP contribution is -2.28. The quantitative estimate of drug-likeness (QED) is 0.633. The average Bonchev–Trinajstić information content (AvgIpc) is 2.74. The molecule has 0 aliphatic rings. The fraction of sp³-hybridized carbons (Fsp3) is 0.174. The van der Waals surface area contributed by atoms with Gasteiger partial charge >= 0.3 is 0 Å². The number of aryl methyl sites for hydroxylation is 1. The molecule has 156 valence electrons. The van der Waals surface area contributed by atoms with Crippen LogP contribution in [0.15, 0.2) is 77.7 Å². The molecular formula is C23H23FN2O3S. The van der Waals surface area contributed by atoms with Crippen molar-refractivity contribution in [1.82, 2.24) is 5.32 Å². The first-order chi connectivity index (χ1) is 14.2. The standard InChI is InChI=1S/C23H23FN2O3S/c1-16-15-19(23(27)25-17(2)18-9-12-20(24)13-10-18)11-14-22(16)26(3)30(28,29)21-7-5-4-6-8-21/h4-15,17H,1-3H3,(H,25,27). The van der Waals surface area contributed by atoms with E-state index in [0.717, 1.165) is 5.56 Å². The minimum Gasteiger partial charge on any atom is -0.346 e. The van der Waals surface area contributed by atoms with Gasteiger partial charge in [0.25, 0.3) is 15.9 Å². The van der Waals surface area contributed by atoms with Crippen LogP contribution in [0, 0.1) is 12.7 Å². The molecule has 1 atom stereocenters. The van der Waals surface area contributed by atoms with Crippen LogP contribution in [0.3, 0.4) is 0 Å². The molecule has 5 nitrogen and oxygen atoms in total. The van der Waals surface area contributed by atoms with Gasteiger partial charge in [0.15, 0.2) is 0 Å². The molecule has 1 N–H and O–H groups in total. The molecule has 0 saturated heterocycles. The predicted octanol–water partition coefficient (Wildman–Crippen LogP) is 4.45. The molecule has 7 heteroatoms. The zero-order valence-corrected chi connectivity index (χ0v) is 17.8. The SMILES string of the molecule is Cc1cc(C(=O)NC(C)c2ccc(F)cc2)ccc1N(C)S(=O)(=O)c1ccccc1. The van der Waals surface area contributed by atoms with Gasteiger partial charge < -0.3 is 5.32 Å². The molecule has 1 unspecified atom stereocenters. The summed E-state index contributed by atoms with van der Waals surface area (Å²) in [4.78, 5) is 12.8. The largest absolute Gasteiger partial charge is 0.346 e. The first kappa shape index (κ1) is 21.5. The third-order valence-corrected chi connectivity index (χ3v) is 6.70. The van der Waals surface area contributed by atoms with Gasteiger partial charge in [-0.15, -0.1) is 0 Å². The first-order valence-electron chi connectivity index (χ1n) is 9.41. The highest BCUT2D eigenvalue weighted by Gasteiger charge is 2.23. The Morgan fingerprint density at radius 3 is 2.23 bits per heavy atom. The number of nitrogens with zero attached hydrogens (tertiary/aromatic N) is 1. The van der Waals surface area contributed by atoms with Gasteiger partial charge in [0.05, 0.1) is 16.6 Å². The van der Waals surface area contributed by atoms with Crippen LogP contribution in [0.2, 0.25) is 0 Å². The lowest BCUT2D eigenvalue weighted by molar-refractivity contribution is 0.0940. The van der Waals surface area contributed by atoms with Crippen molar-refractivity contribution in [3.63, 3.8) is 0 Å². The third-order valence-electron chi connectivity index (χ3n) is 4.92. The van der Waals surface area contributed by atoms with Crippen molar-refractivity contribution < 1.29 is 17.6 Å². The van der Waals surface area contributed by atoms with E-state index in [0.29, 0.717) is 16.8 Å². The monoisotopic (exact) mass is 426 g/mol. The van der Waals surface area contributed by atoms with Crippen molar-refractivity contribution in [2.24, 2.45) is 0 Å². The van der Waals surface area contributed by atoms with Crippen molar-refractivity contribution in [2.45, 2.75) is 24.8 Å². The minimum absolute atomic E-state index is 0.196. The van der Waals surface area contributed by atoms with E-state index in [9.17, 15) is 17.6 Å². The molecule has 0 radical (unpaired) electrons. The van der Waals surface area contributed by atoms with Crippen LogP contribution in [0.25, 0.3) is 0 Å². The fourth-order valence-electron chi connectivity index (χ4n) is 3.14. The second-order valence-electron chi connectivity index (χ2n) is 7.03. The van der Waals surface area contributed by atoms with E-state index in [2.05, 4.69) is 5.32 Å². The van der Waals surface area contributed by atoms with E-state index < -0.39 is 10.0 Å². The number of carbonyl (C=O) groups excluding carboxylic acids is 1. The Kier molecular flexibility index (Phi) is 6.22. The molecule has 0 aliphatic heterocycles. The highest BCUT2D eigenvalue weighted by Crippen LogP contribution is 2.26. The molecule has 0 saturated carbocycles. The number of amides is 1. The van der Waals surface area contributed by atoms with E-state index >= 15 is 0 Å². The highest BCUT2D eigenvalue weighted by molar-refractivity contribution is 7.92. The molecule has 0 fully saturated rings. The summed E-state index contributed by atoms with van der Waals surface area (Å²) in [5, 5.41) is 2.87. The summed E-state index contributed by atoms with van der Waals surface area (Å²) in [6, 6.07) is 18.7. The van der Waals surface area contributed by atoms with Gasteiger partial charge in [-0.3, -0.25) is 9.10 Å². The van der Waals surface area contributed by atoms with Crippen molar-refractivity contribution in [3.8, 4) is 0 Å². The topological polar surface area (TPSA) is 66.5 Å². The Balaban J connectivity index is 1.79. The van der Waals surface area contributed by atoms with Crippen molar-refractivity contribution in [1.29, 1.82) is 0 Å². The van der Waals surface area contributed by atoms with Crippen LogP contribution in [0.1, 0.15) is 34.5 Å². The number of carbonyl (C=O) groups is 1. The lowest BCUT2D eigenvalue weighted by atomic mass is 10.1. The van der Waals surface area contributed by atoms with E-state index in [-0.39, 0.29) is 22.7 Å². The van der Waals surface area contributed by atoms with Gasteiger partial charge in [0, 0.05) is 12.6 Å². The van der Waals surface area contributed by atoms with Gasteiger partial charge in [0.1, 0.15) is 5.82 Å². The molecule has 3 aromatic carbocycles. The van der Waals surface area contributed by atoms with Crippen LogP contribution >= 0.6 is 0 Å². The smallest absolute Gasteiger partial charge is 0.264 e. The Morgan fingerprint density at radius 1 is 1.00 bits per heavy atom. The van der Waals surface area contributed by atoms with Crippen molar-refractivity contribution >= 4 is 21.6 Å². The molecular weight excluding hydrogens is 403 g/mol. The second kappa shape index (κ2) is 8.67. The maximum atomic E-state index is 13.1. The first-order valence-corrected chi connectivity index (χ1v) is 10.8. The fourth-order valence-corrected chi connectivity index (χ4v) is 4.43. The van der Waals surface area contributed by atoms with Gasteiger partial charge in [-0.05, 0) is 67.4 Å². The second-order valence-corrected chi connectivity index (χ2v) is 9.00. The average molecular weight is 427 g/mol. The van der Waals surface area contributed by atoms with Crippen LogP contribution in [-0.2, 0) is 10.0 Å². The van der Waals surface area contributed by atoms with E-state index in [4.69, 9.17) is 0 Å². The molecule has 0 heterocycles. The van der Waals surface area contributed by atoms with E-state index in [1.54, 1.807) is 67.6 Å². The Bertz CT molecular complexity index is 1150. The van der Waals surface area contributed by atoms with Crippen LogP contribution in [-0.4, -0.2) is 21.4 Å². The molecule has 1 amide bonds. The molecule has 0 aromatic heterocycles. The van der Waals surface area contributed by atoms with Gasteiger partial charge in [-0.25, -0.2) is 12.8 Å². The van der Waals surface area contributed by atoms with Crippen LogP contribution in [0.5, 0.6) is 0 Å². The summed E-state index contributed by atoms with van der Waals surface area (Å²) in [7, 11) is -2.22. The van der Waals surface area contributed by atoms with Crippen LogP contribution in [0.4, 0.5) is 10.1 Å². The molecule has 0 aliphatic carbocycles. The summed E-state index contributed by atoms with van der Waals surface area (Å²) in [5.74, 6) is -0.631. The molecule has 3 aromatic rings. The Hall–Kier alpha value is -3.19. The number of sulfonamides is 1.